The number of aliphatic carboxylic acids is 1. The van der Waals surface area contributed by atoms with E-state index in [0.29, 0.717) is 11.6 Å². The van der Waals surface area contributed by atoms with Crippen LogP contribution in [0.3, 0.4) is 0 Å². The third-order valence-corrected chi connectivity index (χ3v) is 3.72. The van der Waals surface area contributed by atoms with Crippen molar-refractivity contribution in [3.63, 3.8) is 0 Å². The maximum Gasteiger partial charge on any atom is 0.328 e. The first-order chi connectivity index (χ1) is 10.1. The Hall–Kier alpha value is -2.27. The molecule has 0 radical (unpaired) electrons. The van der Waals surface area contributed by atoms with E-state index in [1.807, 2.05) is 18.3 Å². The summed E-state index contributed by atoms with van der Waals surface area (Å²) in [5.74, 6) is 0.0273. The number of hydrogen-bond acceptors (Lipinski definition) is 3. The molecule has 3 rings (SSSR count). The minimum atomic E-state index is -0.968. The highest BCUT2D eigenvalue weighted by Gasteiger charge is 2.18. The third kappa shape index (κ3) is 2.92. The highest BCUT2D eigenvalue weighted by Crippen LogP contribution is 2.28. The number of nitrogens with zero attached hydrogens (tertiary/aromatic N) is 3. The van der Waals surface area contributed by atoms with Crippen LogP contribution in [0.25, 0.3) is 6.08 Å². The maximum absolute atomic E-state index is 10.7. The summed E-state index contributed by atoms with van der Waals surface area (Å²) in [6.07, 6.45) is 6.49. The molecule has 0 saturated heterocycles. The Morgan fingerprint density at radius 3 is 3.05 bits per heavy atom. The van der Waals surface area contributed by atoms with Crippen molar-refractivity contribution in [2.45, 2.75) is 13.1 Å². The molecule has 1 aromatic carbocycles. The lowest BCUT2D eigenvalue weighted by molar-refractivity contribution is -0.131. The fourth-order valence-electron chi connectivity index (χ4n) is 2.47. The number of anilines is 1. The molecule has 1 N–H and O–H groups in total. The van der Waals surface area contributed by atoms with Crippen LogP contribution in [0.4, 0.5) is 5.69 Å². The lowest BCUT2D eigenvalue weighted by Crippen LogP contribution is -2.34. The summed E-state index contributed by atoms with van der Waals surface area (Å²) in [6, 6.07) is 5.46. The first-order valence-corrected chi connectivity index (χ1v) is 6.97. The van der Waals surface area contributed by atoms with Crippen LogP contribution in [0.1, 0.15) is 11.4 Å². The fourth-order valence-corrected chi connectivity index (χ4v) is 2.64. The average Bonchev–Trinajstić information content (AvgIpc) is 2.93. The average molecular weight is 304 g/mol. The topological polar surface area (TPSA) is 58.4 Å². The Bertz CT molecular complexity index is 709. The Kier molecular flexibility index (Phi) is 3.66. The van der Waals surface area contributed by atoms with E-state index in [9.17, 15) is 4.79 Å². The molecular formula is C15H14ClN3O2. The second-order valence-electron chi connectivity index (χ2n) is 4.83. The zero-order valence-corrected chi connectivity index (χ0v) is 12.0. The van der Waals surface area contributed by atoms with E-state index in [2.05, 4.69) is 14.5 Å². The minimum absolute atomic E-state index is 0.631. The largest absolute Gasteiger partial charge is 0.478 e. The van der Waals surface area contributed by atoms with Crippen molar-refractivity contribution >= 4 is 29.3 Å². The van der Waals surface area contributed by atoms with E-state index < -0.39 is 5.97 Å². The quantitative estimate of drug-likeness (QED) is 0.886. The number of fused-ring (bicyclic) bond motifs is 1. The summed E-state index contributed by atoms with van der Waals surface area (Å²) < 4.78 is 2.12. The van der Waals surface area contributed by atoms with Gasteiger partial charge in [0, 0.05) is 42.3 Å². The SMILES string of the molecule is O=C(O)/C=C/c1ccc(Cl)cc1N1CCn2ccnc2C1. The van der Waals surface area contributed by atoms with Crippen LogP contribution in [-0.4, -0.2) is 27.2 Å². The molecule has 0 spiro atoms. The first-order valence-electron chi connectivity index (χ1n) is 6.59. The van der Waals surface area contributed by atoms with Crippen molar-refractivity contribution in [2.75, 3.05) is 11.4 Å². The van der Waals surface area contributed by atoms with Gasteiger partial charge < -0.3 is 14.6 Å². The molecule has 1 aliphatic heterocycles. The number of benzene rings is 1. The fraction of sp³-hybridized carbons (Fsp3) is 0.200. The van der Waals surface area contributed by atoms with Crippen molar-refractivity contribution in [1.82, 2.24) is 9.55 Å². The van der Waals surface area contributed by atoms with Gasteiger partial charge in [0.15, 0.2) is 0 Å². The summed E-state index contributed by atoms with van der Waals surface area (Å²) >= 11 is 6.09. The molecule has 0 aliphatic carbocycles. The molecule has 108 valence electrons. The number of carboxylic acid groups (broad SMARTS) is 1. The van der Waals surface area contributed by atoms with Crippen LogP contribution >= 0.6 is 11.6 Å². The second-order valence-corrected chi connectivity index (χ2v) is 5.27. The van der Waals surface area contributed by atoms with Gasteiger partial charge >= 0.3 is 5.97 Å². The monoisotopic (exact) mass is 303 g/mol. The normalized spacial score (nSPS) is 14.4. The molecule has 0 unspecified atom stereocenters. The number of rotatable bonds is 3. The lowest BCUT2D eigenvalue weighted by atomic mass is 10.1. The van der Waals surface area contributed by atoms with Gasteiger partial charge in [-0.3, -0.25) is 0 Å². The molecular weight excluding hydrogens is 290 g/mol. The highest BCUT2D eigenvalue weighted by atomic mass is 35.5. The van der Waals surface area contributed by atoms with Crippen LogP contribution < -0.4 is 4.90 Å². The van der Waals surface area contributed by atoms with Gasteiger partial charge in [-0.15, -0.1) is 0 Å². The Labute approximate surface area is 127 Å². The van der Waals surface area contributed by atoms with Gasteiger partial charge in [-0.25, -0.2) is 9.78 Å². The van der Waals surface area contributed by atoms with E-state index in [1.54, 1.807) is 18.3 Å². The molecule has 2 aromatic rings. The zero-order valence-electron chi connectivity index (χ0n) is 11.2. The van der Waals surface area contributed by atoms with Crippen LogP contribution in [0.15, 0.2) is 36.7 Å². The molecule has 0 amide bonds. The van der Waals surface area contributed by atoms with Gasteiger partial charge in [0.05, 0.1) is 6.54 Å². The van der Waals surface area contributed by atoms with Crippen LogP contribution in [0.5, 0.6) is 0 Å². The van der Waals surface area contributed by atoms with E-state index in [4.69, 9.17) is 16.7 Å². The summed E-state index contributed by atoms with van der Waals surface area (Å²) in [5.41, 5.74) is 1.76. The second kappa shape index (κ2) is 5.61. The zero-order chi connectivity index (χ0) is 14.8. The maximum atomic E-state index is 10.7. The predicted octanol–water partition coefficient (Wildman–Crippen LogP) is 2.65. The molecule has 0 bridgehead atoms. The molecule has 2 heterocycles. The van der Waals surface area contributed by atoms with E-state index in [0.717, 1.165) is 36.2 Å². The van der Waals surface area contributed by atoms with Crippen molar-refractivity contribution in [3.05, 3.63) is 53.1 Å². The van der Waals surface area contributed by atoms with Crippen LogP contribution in [-0.2, 0) is 17.9 Å². The van der Waals surface area contributed by atoms with Gasteiger partial charge in [0.25, 0.3) is 0 Å². The third-order valence-electron chi connectivity index (χ3n) is 3.48. The van der Waals surface area contributed by atoms with Crippen molar-refractivity contribution in [2.24, 2.45) is 0 Å². The highest BCUT2D eigenvalue weighted by molar-refractivity contribution is 6.31. The van der Waals surface area contributed by atoms with Crippen LogP contribution in [0, 0.1) is 0 Å². The van der Waals surface area contributed by atoms with Gasteiger partial charge in [-0.1, -0.05) is 17.7 Å². The Morgan fingerprint density at radius 1 is 1.38 bits per heavy atom. The molecule has 1 aromatic heterocycles. The molecule has 0 saturated carbocycles. The Balaban J connectivity index is 1.94. The molecule has 21 heavy (non-hydrogen) atoms. The molecule has 6 heteroatoms. The van der Waals surface area contributed by atoms with Gasteiger partial charge in [-0.2, -0.15) is 0 Å². The molecule has 1 aliphatic rings. The van der Waals surface area contributed by atoms with Crippen molar-refractivity contribution in [1.29, 1.82) is 0 Å². The van der Waals surface area contributed by atoms with Gasteiger partial charge in [-0.05, 0) is 23.8 Å². The predicted molar refractivity (Wildman–Crippen MR) is 81.4 cm³/mol. The number of halogens is 1. The number of imidazole rings is 1. The molecule has 0 atom stereocenters. The smallest absolute Gasteiger partial charge is 0.328 e. The first kappa shape index (κ1) is 13.7. The van der Waals surface area contributed by atoms with E-state index in [-0.39, 0.29) is 0 Å². The van der Waals surface area contributed by atoms with Gasteiger partial charge in [0.1, 0.15) is 5.82 Å². The Morgan fingerprint density at radius 2 is 2.24 bits per heavy atom. The summed E-state index contributed by atoms with van der Waals surface area (Å²) in [4.78, 5) is 17.2. The van der Waals surface area contributed by atoms with E-state index >= 15 is 0 Å². The van der Waals surface area contributed by atoms with Crippen molar-refractivity contribution < 1.29 is 9.90 Å². The molecule has 0 fully saturated rings. The summed E-state index contributed by atoms with van der Waals surface area (Å²) in [5, 5.41) is 9.42. The summed E-state index contributed by atoms with van der Waals surface area (Å²) in [7, 11) is 0. The number of carbonyl (C=O) groups is 1. The summed E-state index contributed by atoms with van der Waals surface area (Å²) in [6.45, 7) is 2.36. The molecule has 5 nitrogen and oxygen atoms in total. The van der Waals surface area contributed by atoms with Crippen molar-refractivity contribution in [3.8, 4) is 0 Å². The minimum Gasteiger partial charge on any atom is -0.478 e. The number of hydrogen-bond donors (Lipinski definition) is 1. The lowest BCUT2D eigenvalue weighted by Gasteiger charge is -2.31. The van der Waals surface area contributed by atoms with E-state index in [1.165, 1.54) is 0 Å². The number of carboxylic acids is 1. The standard InChI is InChI=1S/C15H14ClN3O2/c16-12-3-1-11(2-4-15(20)21)13(9-12)19-8-7-18-6-5-17-14(18)10-19/h1-6,9H,7-8,10H2,(H,20,21)/b4-2+. The van der Waals surface area contributed by atoms with Gasteiger partial charge in [0.2, 0.25) is 0 Å². The number of aromatic nitrogens is 2. The van der Waals surface area contributed by atoms with Crippen LogP contribution in [0.2, 0.25) is 5.02 Å².